The molecule has 4 aromatic rings. The average Bonchev–Trinajstić information content (AvgIpc) is 3.26. The summed E-state index contributed by atoms with van der Waals surface area (Å²) in [6, 6.07) is 17.6. The molecule has 2 heterocycles. The lowest BCUT2D eigenvalue weighted by Gasteiger charge is -2.24. The molecule has 0 fully saturated rings. The lowest BCUT2D eigenvalue weighted by Crippen LogP contribution is -2.39. The van der Waals surface area contributed by atoms with Crippen LogP contribution in [0.15, 0.2) is 86.2 Å². The quantitative estimate of drug-likeness (QED) is 0.199. The van der Waals surface area contributed by atoms with E-state index in [4.69, 9.17) is 37.4 Å². The number of hydrogen-bond donors (Lipinski definition) is 0. The molecule has 1 aliphatic rings. The average molecular weight is 688 g/mol. The van der Waals surface area contributed by atoms with Crippen LogP contribution in [0, 0.1) is 0 Å². The molecule has 42 heavy (non-hydrogen) atoms. The summed E-state index contributed by atoms with van der Waals surface area (Å²) in [7, 11) is 1.54. The Morgan fingerprint density at radius 3 is 2.60 bits per heavy atom. The number of methoxy groups -OCH3 is 1. The van der Waals surface area contributed by atoms with Gasteiger partial charge in [-0.1, -0.05) is 70.9 Å². The van der Waals surface area contributed by atoms with Gasteiger partial charge in [0.05, 0.1) is 40.0 Å². The van der Waals surface area contributed by atoms with Crippen LogP contribution in [0.3, 0.4) is 0 Å². The Kier molecular flexibility index (Phi) is 9.22. The molecule has 11 heteroatoms. The Morgan fingerprint density at radius 2 is 1.90 bits per heavy atom. The molecule has 0 unspecified atom stereocenters. The largest absolute Gasteiger partial charge is 0.493 e. The van der Waals surface area contributed by atoms with Crippen molar-refractivity contribution in [2.24, 2.45) is 4.99 Å². The normalized spacial score (nSPS) is 14.8. The van der Waals surface area contributed by atoms with Gasteiger partial charge in [-0.15, -0.1) is 0 Å². The molecular formula is C31H25BrCl2N2O5S. The zero-order chi connectivity index (χ0) is 30.0. The third kappa shape index (κ3) is 6.06. The maximum absolute atomic E-state index is 13.9. The number of carbonyl (C=O) groups is 1. The van der Waals surface area contributed by atoms with Crippen molar-refractivity contribution in [3.8, 4) is 11.5 Å². The van der Waals surface area contributed by atoms with Gasteiger partial charge in [-0.3, -0.25) is 9.36 Å². The van der Waals surface area contributed by atoms with Crippen LogP contribution in [-0.2, 0) is 16.1 Å². The zero-order valence-corrected chi connectivity index (χ0v) is 26.7. The predicted octanol–water partition coefficient (Wildman–Crippen LogP) is 6.46. The number of ether oxygens (including phenoxy) is 3. The van der Waals surface area contributed by atoms with Crippen LogP contribution in [0.5, 0.6) is 11.5 Å². The van der Waals surface area contributed by atoms with Crippen molar-refractivity contribution < 1.29 is 19.0 Å². The molecule has 5 rings (SSSR count). The second-order valence-corrected chi connectivity index (χ2v) is 12.0. The topological polar surface area (TPSA) is 79.1 Å². The SMILES string of the molecule is CCOC(=O)C1=C(C)N=c2s/c(=C\c3cc(Br)c(OCc4ccc(Cl)cc4Cl)c(OC)c3)c(=O)n2[C@@H]1c1ccccc1. The summed E-state index contributed by atoms with van der Waals surface area (Å²) in [5.74, 6) is 0.461. The maximum atomic E-state index is 13.9. The van der Waals surface area contributed by atoms with Gasteiger partial charge in [0.15, 0.2) is 16.3 Å². The van der Waals surface area contributed by atoms with Crippen LogP contribution in [0.1, 0.15) is 36.6 Å². The first-order valence-electron chi connectivity index (χ1n) is 12.9. The van der Waals surface area contributed by atoms with Crippen LogP contribution in [0.25, 0.3) is 6.08 Å². The van der Waals surface area contributed by atoms with Gasteiger partial charge in [0, 0.05) is 15.6 Å². The number of nitrogens with zero attached hydrogens (tertiary/aromatic N) is 2. The van der Waals surface area contributed by atoms with E-state index in [1.165, 1.54) is 11.3 Å². The van der Waals surface area contributed by atoms with E-state index in [0.717, 1.165) is 11.1 Å². The van der Waals surface area contributed by atoms with Gasteiger partial charge < -0.3 is 14.2 Å². The Labute approximate surface area is 264 Å². The first-order valence-corrected chi connectivity index (χ1v) is 15.3. The zero-order valence-electron chi connectivity index (χ0n) is 22.8. The molecule has 1 aromatic heterocycles. The van der Waals surface area contributed by atoms with Gasteiger partial charge in [-0.25, -0.2) is 9.79 Å². The van der Waals surface area contributed by atoms with Gasteiger partial charge >= 0.3 is 5.97 Å². The fourth-order valence-electron chi connectivity index (χ4n) is 4.65. The molecule has 0 saturated carbocycles. The number of halogens is 3. The number of rotatable bonds is 8. The van der Waals surface area contributed by atoms with Crippen LogP contribution in [-0.4, -0.2) is 24.3 Å². The minimum absolute atomic E-state index is 0.199. The fraction of sp³-hybridized carbons (Fsp3) is 0.194. The van der Waals surface area contributed by atoms with Gasteiger partial charge in [-0.05, 0) is 71.2 Å². The monoisotopic (exact) mass is 686 g/mol. The fourth-order valence-corrected chi connectivity index (χ4v) is 6.73. The van der Waals surface area contributed by atoms with E-state index in [-0.39, 0.29) is 18.8 Å². The third-order valence-corrected chi connectivity index (χ3v) is 8.73. The first-order chi connectivity index (χ1) is 20.2. The molecular weight excluding hydrogens is 663 g/mol. The minimum Gasteiger partial charge on any atom is -0.493 e. The van der Waals surface area contributed by atoms with E-state index in [2.05, 4.69) is 20.9 Å². The summed E-state index contributed by atoms with van der Waals surface area (Å²) in [5, 5.41) is 1.04. The lowest BCUT2D eigenvalue weighted by molar-refractivity contribution is -0.139. The van der Waals surface area contributed by atoms with Crippen molar-refractivity contribution in [1.29, 1.82) is 0 Å². The molecule has 3 aromatic carbocycles. The molecule has 7 nitrogen and oxygen atoms in total. The Hall–Kier alpha value is -3.37. The van der Waals surface area contributed by atoms with Crippen molar-refractivity contribution in [3.05, 3.63) is 123 Å². The number of thiazole rings is 1. The highest BCUT2D eigenvalue weighted by molar-refractivity contribution is 9.10. The number of carbonyl (C=O) groups excluding carboxylic acids is 1. The van der Waals surface area contributed by atoms with Crippen molar-refractivity contribution in [1.82, 2.24) is 4.57 Å². The molecule has 1 atom stereocenters. The highest BCUT2D eigenvalue weighted by Crippen LogP contribution is 2.38. The van der Waals surface area contributed by atoms with E-state index in [1.54, 1.807) is 55.9 Å². The van der Waals surface area contributed by atoms with Crippen LogP contribution in [0.4, 0.5) is 0 Å². The van der Waals surface area contributed by atoms with E-state index in [0.29, 0.717) is 52.2 Å². The van der Waals surface area contributed by atoms with Gasteiger partial charge in [0.1, 0.15) is 6.61 Å². The standard InChI is InChI=1S/C31H25BrCl2N2O5S/c1-4-40-30(38)26-17(2)35-31-36(27(26)19-8-6-5-7-9-19)29(37)25(42-31)14-18-12-22(32)28(24(13-18)39-3)41-16-20-10-11-21(33)15-23(20)34/h5-15,27H,4,16H2,1-3H3/b25-14-/t27-/m1/s1. The lowest BCUT2D eigenvalue weighted by atomic mass is 9.96. The highest BCUT2D eigenvalue weighted by Gasteiger charge is 2.33. The molecule has 1 aliphatic heterocycles. The summed E-state index contributed by atoms with van der Waals surface area (Å²) < 4.78 is 19.7. The van der Waals surface area contributed by atoms with Crippen molar-refractivity contribution in [3.63, 3.8) is 0 Å². The smallest absolute Gasteiger partial charge is 0.338 e. The Morgan fingerprint density at radius 1 is 1.14 bits per heavy atom. The van der Waals surface area contributed by atoms with E-state index >= 15 is 0 Å². The minimum atomic E-state index is -0.666. The molecule has 0 radical (unpaired) electrons. The highest BCUT2D eigenvalue weighted by atomic mass is 79.9. The van der Waals surface area contributed by atoms with E-state index < -0.39 is 12.0 Å². The molecule has 0 bridgehead atoms. The van der Waals surface area contributed by atoms with Crippen LogP contribution < -0.4 is 24.4 Å². The van der Waals surface area contributed by atoms with Gasteiger partial charge in [0.2, 0.25) is 0 Å². The number of esters is 1. The summed E-state index contributed by atoms with van der Waals surface area (Å²) in [5.41, 5.74) is 2.85. The van der Waals surface area contributed by atoms with E-state index in [9.17, 15) is 9.59 Å². The van der Waals surface area contributed by atoms with Gasteiger partial charge in [0.25, 0.3) is 5.56 Å². The summed E-state index contributed by atoms with van der Waals surface area (Å²) in [6.45, 7) is 3.92. The number of fused-ring (bicyclic) bond motifs is 1. The summed E-state index contributed by atoms with van der Waals surface area (Å²) >= 11 is 17.1. The molecule has 0 aliphatic carbocycles. The van der Waals surface area contributed by atoms with Gasteiger partial charge in [-0.2, -0.15) is 0 Å². The van der Waals surface area contributed by atoms with E-state index in [1.807, 2.05) is 36.4 Å². The number of benzene rings is 3. The second kappa shape index (κ2) is 12.9. The second-order valence-electron chi connectivity index (χ2n) is 9.27. The molecule has 0 spiro atoms. The van der Waals surface area contributed by atoms with Crippen LogP contribution >= 0.6 is 50.5 Å². The van der Waals surface area contributed by atoms with Crippen LogP contribution in [0.2, 0.25) is 10.0 Å². The third-order valence-electron chi connectivity index (χ3n) is 6.57. The summed E-state index contributed by atoms with van der Waals surface area (Å²) in [4.78, 5) is 32.0. The molecule has 0 N–H and O–H groups in total. The predicted molar refractivity (Wildman–Crippen MR) is 168 cm³/mol. The number of allylic oxidation sites excluding steroid dienone is 1. The first kappa shape index (κ1) is 30.1. The number of hydrogen-bond acceptors (Lipinski definition) is 7. The molecule has 216 valence electrons. The summed E-state index contributed by atoms with van der Waals surface area (Å²) in [6.07, 6.45) is 1.77. The molecule has 0 amide bonds. The van der Waals surface area contributed by atoms with Crippen molar-refractivity contribution in [2.75, 3.05) is 13.7 Å². The Balaban J connectivity index is 1.56. The van der Waals surface area contributed by atoms with Crippen molar-refractivity contribution >= 4 is 62.5 Å². The van der Waals surface area contributed by atoms with Crippen molar-refractivity contribution in [2.45, 2.75) is 26.5 Å². The Bertz CT molecular complexity index is 1890. The number of aromatic nitrogens is 1. The molecule has 0 saturated heterocycles. The maximum Gasteiger partial charge on any atom is 0.338 e.